The van der Waals surface area contributed by atoms with E-state index in [2.05, 4.69) is 49.5 Å². The summed E-state index contributed by atoms with van der Waals surface area (Å²) in [5.41, 5.74) is 0. The fourth-order valence-electron chi connectivity index (χ4n) is 3.14. The van der Waals surface area contributed by atoms with Crippen LogP contribution in [0.3, 0.4) is 0 Å². The van der Waals surface area contributed by atoms with Gasteiger partial charge in [0, 0.05) is 0 Å². The van der Waals surface area contributed by atoms with E-state index in [-0.39, 0.29) is 19.6 Å². The van der Waals surface area contributed by atoms with Crippen molar-refractivity contribution in [2.75, 3.05) is 19.8 Å². The van der Waals surface area contributed by atoms with Crippen LogP contribution in [0.5, 0.6) is 0 Å². The Balaban J connectivity index is 2.12. The molecule has 0 aromatic heterocycles. The Labute approximate surface area is 213 Å². The third-order valence-electron chi connectivity index (χ3n) is 5.18. The van der Waals surface area contributed by atoms with Gasteiger partial charge in [-0.15, -0.1) is 0 Å². The van der Waals surface area contributed by atoms with Crippen LogP contribution in [0.1, 0.15) is 45.4 Å². The van der Waals surface area contributed by atoms with Gasteiger partial charge in [0.05, 0.1) is 19.6 Å². The number of carbonyl (C=O) groups is 1. The summed E-state index contributed by atoms with van der Waals surface area (Å²) in [6, 6.07) is 0. The molecular weight excluding hydrogens is 468 g/mol. The van der Waals surface area contributed by atoms with Crippen LogP contribution >= 0.6 is 0 Å². The van der Waals surface area contributed by atoms with Crippen LogP contribution in [0.15, 0.2) is 60.8 Å². The van der Waals surface area contributed by atoms with Crippen molar-refractivity contribution in [3.05, 3.63) is 60.8 Å². The van der Waals surface area contributed by atoms with Crippen molar-refractivity contribution in [2.45, 2.75) is 82.3 Å². The normalized spacial score (nSPS) is 26.2. The molecule has 0 amide bonds. The lowest BCUT2D eigenvalue weighted by Crippen LogP contribution is -2.59. The molecule has 0 aromatic carbocycles. The lowest BCUT2D eigenvalue weighted by atomic mass is 9.99. The second-order valence-electron chi connectivity index (χ2n) is 8.28. The molecular formula is C27H42O9. The van der Waals surface area contributed by atoms with E-state index >= 15 is 0 Å². The third-order valence-corrected chi connectivity index (χ3v) is 5.18. The van der Waals surface area contributed by atoms with Crippen LogP contribution in [0.4, 0.5) is 0 Å². The first-order valence-corrected chi connectivity index (χ1v) is 12.4. The number of carbonyl (C=O) groups excluding carboxylic acids is 1. The summed E-state index contributed by atoms with van der Waals surface area (Å²) >= 11 is 0. The molecule has 1 fully saturated rings. The quantitative estimate of drug-likeness (QED) is 0.146. The number of hydrogen-bond donors (Lipinski definition) is 5. The van der Waals surface area contributed by atoms with Crippen molar-refractivity contribution in [3.63, 3.8) is 0 Å². The SMILES string of the molecule is CC/C=C\C/C=C\C/C=C\C/C=C\C/C=C\CC(=O)OC[C@@H](O)CO[C@@H]1O[C@H](CO)[C@H](O)[C@H](O)[C@H]1O. The van der Waals surface area contributed by atoms with E-state index in [1.165, 1.54) is 0 Å². The average molecular weight is 511 g/mol. The Morgan fingerprint density at radius 2 is 1.33 bits per heavy atom. The molecule has 0 unspecified atom stereocenters. The van der Waals surface area contributed by atoms with Gasteiger partial charge in [0.15, 0.2) is 6.29 Å². The van der Waals surface area contributed by atoms with E-state index in [1.54, 1.807) is 6.08 Å². The van der Waals surface area contributed by atoms with Gasteiger partial charge in [-0.05, 0) is 32.1 Å². The minimum atomic E-state index is -1.57. The average Bonchev–Trinajstić information content (AvgIpc) is 2.88. The number of rotatable bonds is 17. The van der Waals surface area contributed by atoms with Crippen molar-refractivity contribution >= 4 is 5.97 Å². The molecule has 1 saturated heterocycles. The standard InChI is InChI=1S/C27H42O9/c1-2-3-4-5-6-7-8-9-10-11-12-13-14-15-16-17-23(30)34-19-21(29)20-35-27-26(33)25(32)24(31)22(18-28)36-27/h3-4,6-7,9-10,12-13,15-16,21-22,24-29,31-33H,2,5,8,11,14,17-20H2,1H3/b4-3-,7-6-,10-9-,13-12-,16-15-/t21-,22-,24+,25+,26-,27-/m1/s1. The van der Waals surface area contributed by atoms with Crippen LogP contribution in [0, 0.1) is 0 Å². The van der Waals surface area contributed by atoms with Gasteiger partial charge >= 0.3 is 5.97 Å². The zero-order chi connectivity index (χ0) is 26.6. The first kappa shape index (κ1) is 31.9. The molecule has 5 N–H and O–H groups in total. The smallest absolute Gasteiger partial charge is 0.309 e. The van der Waals surface area contributed by atoms with Gasteiger partial charge in [-0.1, -0.05) is 67.7 Å². The first-order valence-electron chi connectivity index (χ1n) is 12.4. The highest BCUT2D eigenvalue weighted by Gasteiger charge is 2.44. The summed E-state index contributed by atoms with van der Waals surface area (Å²) < 4.78 is 15.4. The highest BCUT2D eigenvalue weighted by atomic mass is 16.7. The molecule has 6 atom stereocenters. The highest BCUT2D eigenvalue weighted by molar-refractivity contribution is 5.71. The maximum Gasteiger partial charge on any atom is 0.309 e. The van der Waals surface area contributed by atoms with E-state index in [4.69, 9.17) is 19.3 Å². The predicted octanol–water partition coefficient (Wildman–Crippen LogP) is 1.85. The van der Waals surface area contributed by atoms with Crippen molar-refractivity contribution < 1.29 is 44.5 Å². The molecule has 204 valence electrons. The number of esters is 1. The minimum absolute atomic E-state index is 0.0633. The number of aliphatic hydroxyl groups excluding tert-OH is 5. The summed E-state index contributed by atoms with van der Waals surface area (Å²) in [7, 11) is 0. The Morgan fingerprint density at radius 1 is 0.806 bits per heavy atom. The predicted molar refractivity (Wildman–Crippen MR) is 136 cm³/mol. The van der Waals surface area contributed by atoms with Crippen LogP contribution in [0.25, 0.3) is 0 Å². The Bertz CT molecular complexity index is 727. The molecule has 0 bridgehead atoms. The molecule has 0 saturated carbocycles. The topological polar surface area (TPSA) is 146 Å². The van der Waals surface area contributed by atoms with Crippen LogP contribution in [-0.4, -0.2) is 88.1 Å². The molecule has 9 nitrogen and oxygen atoms in total. The number of allylic oxidation sites excluding steroid dienone is 9. The Hall–Kier alpha value is -2.11. The maximum atomic E-state index is 11.8. The van der Waals surface area contributed by atoms with Crippen LogP contribution < -0.4 is 0 Å². The first-order chi connectivity index (χ1) is 17.4. The van der Waals surface area contributed by atoms with Crippen molar-refractivity contribution in [2.24, 2.45) is 0 Å². The molecule has 0 spiro atoms. The van der Waals surface area contributed by atoms with E-state index in [0.29, 0.717) is 6.42 Å². The zero-order valence-corrected chi connectivity index (χ0v) is 21.0. The molecule has 1 aliphatic heterocycles. The zero-order valence-electron chi connectivity index (χ0n) is 21.0. The Morgan fingerprint density at radius 3 is 1.86 bits per heavy atom. The Kier molecular flexibility index (Phi) is 17.7. The summed E-state index contributed by atoms with van der Waals surface area (Å²) in [5, 5.41) is 48.4. The van der Waals surface area contributed by atoms with Gasteiger partial charge in [0.2, 0.25) is 0 Å². The molecule has 0 aliphatic carbocycles. The van der Waals surface area contributed by atoms with E-state index in [1.807, 2.05) is 12.2 Å². The van der Waals surface area contributed by atoms with E-state index in [9.17, 15) is 25.2 Å². The van der Waals surface area contributed by atoms with Gasteiger partial charge in [-0.2, -0.15) is 0 Å². The summed E-state index contributed by atoms with van der Waals surface area (Å²) in [6.45, 7) is 0.868. The van der Waals surface area contributed by atoms with E-state index < -0.39 is 49.4 Å². The fourth-order valence-corrected chi connectivity index (χ4v) is 3.14. The van der Waals surface area contributed by atoms with Gasteiger partial charge in [-0.25, -0.2) is 0 Å². The lowest BCUT2D eigenvalue weighted by molar-refractivity contribution is -0.305. The van der Waals surface area contributed by atoms with Crippen molar-refractivity contribution in [1.82, 2.24) is 0 Å². The van der Waals surface area contributed by atoms with Gasteiger partial charge in [0.25, 0.3) is 0 Å². The summed E-state index contributed by atoms with van der Waals surface area (Å²) in [6.07, 6.45) is 16.8. The van der Waals surface area contributed by atoms with Gasteiger partial charge < -0.3 is 39.7 Å². The number of ether oxygens (including phenoxy) is 3. The molecule has 1 aliphatic rings. The van der Waals surface area contributed by atoms with E-state index in [0.717, 1.165) is 25.7 Å². The van der Waals surface area contributed by atoms with Crippen molar-refractivity contribution in [3.8, 4) is 0 Å². The van der Waals surface area contributed by atoms with Gasteiger partial charge in [0.1, 0.15) is 37.1 Å². The highest BCUT2D eigenvalue weighted by Crippen LogP contribution is 2.22. The monoisotopic (exact) mass is 510 g/mol. The molecule has 9 heteroatoms. The summed E-state index contributed by atoms with van der Waals surface area (Å²) in [4.78, 5) is 11.8. The number of hydrogen-bond acceptors (Lipinski definition) is 9. The molecule has 36 heavy (non-hydrogen) atoms. The summed E-state index contributed by atoms with van der Waals surface area (Å²) in [5.74, 6) is -0.511. The second kappa shape index (κ2) is 20.0. The van der Waals surface area contributed by atoms with Crippen LogP contribution in [0.2, 0.25) is 0 Å². The maximum absolute atomic E-state index is 11.8. The molecule has 1 rings (SSSR count). The molecule has 0 aromatic rings. The van der Waals surface area contributed by atoms with Gasteiger partial charge in [-0.3, -0.25) is 4.79 Å². The van der Waals surface area contributed by atoms with Crippen molar-refractivity contribution in [1.29, 1.82) is 0 Å². The largest absolute Gasteiger partial charge is 0.463 e. The second-order valence-corrected chi connectivity index (χ2v) is 8.28. The lowest BCUT2D eigenvalue weighted by Gasteiger charge is -2.39. The van der Waals surface area contributed by atoms with Crippen LogP contribution in [-0.2, 0) is 19.0 Å². The molecule has 0 radical (unpaired) electrons. The number of aliphatic hydroxyl groups is 5. The molecule has 1 heterocycles. The minimum Gasteiger partial charge on any atom is -0.463 e. The third kappa shape index (κ3) is 13.8. The fraction of sp³-hybridized carbons (Fsp3) is 0.593.